The molecule has 1 unspecified atom stereocenters. The number of para-hydroxylation sites is 1. The van der Waals surface area contributed by atoms with E-state index in [1.54, 1.807) is 6.33 Å². The SMILES string of the molecule is O=C(NCC1CCCCN1c1ncnc2ccccc12)c1ccccc1. The lowest BCUT2D eigenvalue weighted by Gasteiger charge is -2.37. The number of fused-ring (bicyclic) bond motifs is 1. The normalized spacial score (nSPS) is 17.2. The van der Waals surface area contributed by atoms with E-state index in [2.05, 4.69) is 26.3 Å². The molecule has 1 aliphatic heterocycles. The van der Waals surface area contributed by atoms with Gasteiger partial charge in [0.25, 0.3) is 5.91 Å². The van der Waals surface area contributed by atoms with Crippen molar-refractivity contribution in [2.75, 3.05) is 18.0 Å². The summed E-state index contributed by atoms with van der Waals surface area (Å²) < 4.78 is 0. The molecule has 0 spiro atoms. The van der Waals surface area contributed by atoms with E-state index in [1.807, 2.05) is 48.5 Å². The second-order valence-corrected chi connectivity index (χ2v) is 6.63. The summed E-state index contributed by atoms with van der Waals surface area (Å²) in [6.45, 7) is 1.57. The zero-order valence-electron chi connectivity index (χ0n) is 14.6. The fourth-order valence-electron chi connectivity index (χ4n) is 3.61. The minimum Gasteiger partial charge on any atom is -0.351 e. The van der Waals surface area contributed by atoms with Crippen LogP contribution in [0.25, 0.3) is 10.9 Å². The highest BCUT2D eigenvalue weighted by molar-refractivity contribution is 5.94. The number of carbonyl (C=O) groups excluding carboxylic acids is 1. The first kappa shape index (κ1) is 16.5. The van der Waals surface area contributed by atoms with Gasteiger partial charge in [-0.3, -0.25) is 4.79 Å². The van der Waals surface area contributed by atoms with Crippen molar-refractivity contribution >= 4 is 22.6 Å². The molecular weight excluding hydrogens is 324 g/mol. The van der Waals surface area contributed by atoms with E-state index in [4.69, 9.17) is 0 Å². The summed E-state index contributed by atoms with van der Waals surface area (Å²) in [5, 5.41) is 4.16. The molecule has 0 bridgehead atoms. The van der Waals surface area contributed by atoms with Crippen LogP contribution < -0.4 is 10.2 Å². The number of amides is 1. The Hall–Kier alpha value is -2.95. The van der Waals surface area contributed by atoms with E-state index >= 15 is 0 Å². The van der Waals surface area contributed by atoms with Crippen LogP contribution in [-0.4, -0.2) is 35.0 Å². The Labute approximate surface area is 153 Å². The van der Waals surface area contributed by atoms with Gasteiger partial charge in [-0.2, -0.15) is 0 Å². The quantitative estimate of drug-likeness (QED) is 0.786. The van der Waals surface area contributed by atoms with Crippen LogP contribution in [0.1, 0.15) is 29.6 Å². The molecule has 2 heterocycles. The number of anilines is 1. The molecule has 1 fully saturated rings. The fraction of sp³-hybridized carbons (Fsp3) is 0.286. The molecule has 1 atom stereocenters. The standard InChI is InChI=1S/C21H22N4O/c26-21(16-8-2-1-3-9-16)22-14-17-10-6-7-13-25(17)20-18-11-4-5-12-19(18)23-15-24-20/h1-5,8-9,11-12,15,17H,6-7,10,13-14H2,(H,22,26). The highest BCUT2D eigenvalue weighted by Crippen LogP contribution is 2.28. The summed E-state index contributed by atoms with van der Waals surface area (Å²) in [4.78, 5) is 23.7. The van der Waals surface area contributed by atoms with Crippen LogP contribution in [0, 0.1) is 0 Å². The summed E-state index contributed by atoms with van der Waals surface area (Å²) in [5.41, 5.74) is 1.65. The van der Waals surface area contributed by atoms with Gasteiger partial charge in [0.2, 0.25) is 0 Å². The first-order chi connectivity index (χ1) is 12.8. The van der Waals surface area contributed by atoms with Crippen molar-refractivity contribution in [2.24, 2.45) is 0 Å². The van der Waals surface area contributed by atoms with Gasteiger partial charge in [-0.1, -0.05) is 30.3 Å². The summed E-state index contributed by atoms with van der Waals surface area (Å²) in [7, 11) is 0. The van der Waals surface area contributed by atoms with Gasteiger partial charge < -0.3 is 10.2 Å². The van der Waals surface area contributed by atoms with Crippen molar-refractivity contribution in [1.29, 1.82) is 0 Å². The van der Waals surface area contributed by atoms with Gasteiger partial charge >= 0.3 is 0 Å². The van der Waals surface area contributed by atoms with E-state index in [1.165, 1.54) is 6.42 Å². The molecule has 0 saturated carbocycles. The molecule has 0 aliphatic carbocycles. The first-order valence-corrected chi connectivity index (χ1v) is 9.12. The highest BCUT2D eigenvalue weighted by atomic mass is 16.1. The number of nitrogens with zero attached hydrogens (tertiary/aromatic N) is 3. The van der Waals surface area contributed by atoms with Crippen molar-refractivity contribution in [3.05, 3.63) is 66.5 Å². The zero-order valence-corrected chi connectivity index (χ0v) is 14.6. The second kappa shape index (κ2) is 7.52. The minimum absolute atomic E-state index is 0.0244. The lowest BCUT2D eigenvalue weighted by molar-refractivity contribution is 0.0949. The third kappa shape index (κ3) is 3.38. The van der Waals surface area contributed by atoms with Gasteiger partial charge in [-0.15, -0.1) is 0 Å². The molecule has 1 aliphatic rings. The number of nitrogens with one attached hydrogen (secondary N) is 1. The fourth-order valence-corrected chi connectivity index (χ4v) is 3.61. The molecule has 26 heavy (non-hydrogen) atoms. The van der Waals surface area contributed by atoms with Crippen LogP contribution in [-0.2, 0) is 0 Å². The third-order valence-electron chi connectivity index (χ3n) is 4.96. The predicted octanol–water partition coefficient (Wildman–Crippen LogP) is 3.42. The van der Waals surface area contributed by atoms with Gasteiger partial charge in [0, 0.05) is 30.1 Å². The Morgan fingerprint density at radius 2 is 1.85 bits per heavy atom. The van der Waals surface area contributed by atoms with Crippen molar-refractivity contribution in [3.63, 3.8) is 0 Å². The smallest absolute Gasteiger partial charge is 0.251 e. The van der Waals surface area contributed by atoms with Gasteiger partial charge in [-0.25, -0.2) is 9.97 Å². The largest absolute Gasteiger partial charge is 0.351 e. The number of piperidine rings is 1. The molecule has 1 aromatic heterocycles. The molecule has 1 saturated heterocycles. The van der Waals surface area contributed by atoms with Gasteiger partial charge in [0.05, 0.1) is 5.52 Å². The van der Waals surface area contributed by atoms with E-state index in [9.17, 15) is 4.79 Å². The molecule has 5 nitrogen and oxygen atoms in total. The average Bonchev–Trinajstić information content (AvgIpc) is 2.72. The average molecular weight is 346 g/mol. The molecule has 132 valence electrons. The van der Waals surface area contributed by atoms with E-state index in [-0.39, 0.29) is 11.9 Å². The first-order valence-electron chi connectivity index (χ1n) is 9.12. The Kier molecular flexibility index (Phi) is 4.78. The number of aromatic nitrogens is 2. The summed E-state index contributed by atoms with van der Waals surface area (Å²) in [6.07, 6.45) is 4.99. The monoisotopic (exact) mass is 346 g/mol. The number of hydrogen-bond acceptors (Lipinski definition) is 4. The lowest BCUT2D eigenvalue weighted by Crippen LogP contribution is -2.47. The maximum absolute atomic E-state index is 12.4. The second-order valence-electron chi connectivity index (χ2n) is 6.63. The van der Waals surface area contributed by atoms with Gasteiger partial charge in [0.1, 0.15) is 12.1 Å². The van der Waals surface area contributed by atoms with E-state index in [0.717, 1.165) is 36.1 Å². The van der Waals surface area contributed by atoms with Crippen LogP contribution in [0.3, 0.4) is 0 Å². The number of carbonyl (C=O) groups is 1. The Morgan fingerprint density at radius 3 is 2.73 bits per heavy atom. The van der Waals surface area contributed by atoms with Crippen LogP contribution >= 0.6 is 0 Å². The maximum Gasteiger partial charge on any atom is 0.251 e. The Balaban J connectivity index is 1.54. The van der Waals surface area contributed by atoms with Gasteiger partial charge in [0.15, 0.2) is 0 Å². The van der Waals surface area contributed by atoms with Crippen molar-refractivity contribution in [2.45, 2.75) is 25.3 Å². The number of rotatable bonds is 4. The summed E-state index contributed by atoms with van der Waals surface area (Å²) >= 11 is 0. The molecule has 0 radical (unpaired) electrons. The Bertz CT molecular complexity index is 891. The molecular formula is C21H22N4O. The molecule has 3 aromatic rings. The van der Waals surface area contributed by atoms with Crippen molar-refractivity contribution in [3.8, 4) is 0 Å². The molecule has 4 rings (SSSR count). The Morgan fingerprint density at radius 1 is 1.04 bits per heavy atom. The minimum atomic E-state index is -0.0244. The summed E-state index contributed by atoms with van der Waals surface area (Å²) in [6, 6.07) is 17.7. The van der Waals surface area contributed by atoms with Crippen LogP contribution in [0.2, 0.25) is 0 Å². The molecule has 1 N–H and O–H groups in total. The lowest BCUT2D eigenvalue weighted by atomic mass is 10.0. The van der Waals surface area contributed by atoms with Crippen LogP contribution in [0.5, 0.6) is 0 Å². The number of benzene rings is 2. The van der Waals surface area contributed by atoms with Crippen molar-refractivity contribution in [1.82, 2.24) is 15.3 Å². The zero-order chi connectivity index (χ0) is 17.8. The molecule has 5 heteroatoms. The van der Waals surface area contributed by atoms with Gasteiger partial charge in [-0.05, 0) is 43.5 Å². The van der Waals surface area contributed by atoms with Crippen LogP contribution in [0.15, 0.2) is 60.9 Å². The van der Waals surface area contributed by atoms with E-state index < -0.39 is 0 Å². The van der Waals surface area contributed by atoms with Crippen molar-refractivity contribution < 1.29 is 4.79 Å². The highest BCUT2D eigenvalue weighted by Gasteiger charge is 2.25. The third-order valence-corrected chi connectivity index (χ3v) is 4.96. The predicted molar refractivity (Wildman–Crippen MR) is 103 cm³/mol. The molecule has 2 aromatic carbocycles. The maximum atomic E-state index is 12.4. The van der Waals surface area contributed by atoms with Crippen LogP contribution in [0.4, 0.5) is 5.82 Å². The molecule has 1 amide bonds. The van der Waals surface area contributed by atoms with E-state index in [0.29, 0.717) is 12.1 Å². The topological polar surface area (TPSA) is 58.1 Å². The number of hydrogen-bond donors (Lipinski definition) is 1. The summed E-state index contributed by atoms with van der Waals surface area (Å²) in [5.74, 6) is 0.943.